The van der Waals surface area contributed by atoms with Crippen LogP contribution < -0.4 is 10.2 Å². The van der Waals surface area contributed by atoms with Crippen LogP contribution in [0.15, 0.2) is 33.7 Å². The molecular weight excluding hydrogens is 436 g/mol. The van der Waals surface area contributed by atoms with Crippen LogP contribution in [-0.4, -0.2) is 64.4 Å². The highest BCUT2D eigenvalue weighted by atomic mass is 32.2. The van der Waals surface area contributed by atoms with Crippen LogP contribution in [0.4, 0.5) is 11.8 Å². The molecule has 0 radical (unpaired) electrons. The van der Waals surface area contributed by atoms with Gasteiger partial charge in [0.2, 0.25) is 11.9 Å². The van der Waals surface area contributed by atoms with Crippen LogP contribution in [0.1, 0.15) is 43.0 Å². The topological polar surface area (TPSA) is 87.4 Å². The second kappa shape index (κ2) is 8.52. The third-order valence-corrected chi connectivity index (χ3v) is 8.17. The fourth-order valence-corrected chi connectivity index (χ4v) is 6.23. The number of rotatable bonds is 4. The summed E-state index contributed by atoms with van der Waals surface area (Å²) in [6.45, 7) is 2.52. The van der Waals surface area contributed by atoms with E-state index in [2.05, 4.69) is 21.4 Å². The molecule has 6 rings (SSSR count). The van der Waals surface area contributed by atoms with E-state index < -0.39 is 0 Å². The van der Waals surface area contributed by atoms with Gasteiger partial charge >= 0.3 is 0 Å². The van der Waals surface area contributed by atoms with Gasteiger partial charge in [0.05, 0.1) is 16.3 Å². The summed E-state index contributed by atoms with van der Waals surface area (Å²) < 4.78 is 5.54. The first-order chi connectivity index (χ1) is 16.2. The summed E-state index contributed by atoms with van der Waals surface area (Å²) in [5.74, 6) is 3.42. The van der Waals surface area contributed by atoms with Crippen LogP contribution in [-0.2, 0) is 11.2 Å². The van der Waals surface area contributed by atoms with Crippen molar-refractivity contribution < 1.29 is 9.32 Å². The van der Waals surface area contributed by atoms with Gasteiger partial charge < -0.3 is 19.6 Å². The van der Waals surface area contributed by atoms with Gasteiger partial charge in [0.15, 0.2) is 5.58 Å². The Balaban J connectivity index is 1.19. The zero-order chi connectivity index (χ0) is 22.4. The number of hydrogen-bond acceptors (Lipinski definition) is 8. The molecule has 0 spiro atoms. The quantitative estimate of drug-likeness (QED) is 0.626. The minimum atomic E-state index is 0.221. The molecule has 2 fully saturated rings. The van der Waals surface area contributed by atoms with Gasteiger partial charge in [-0.2, -0.15) is 4.98 Å². The van der Waals surface area contributed by atoms with Crippen molar-refractivity contribution >= 4 is 40.4 Å². The second-order valence-corrected chi connectivity index (χ2v) is 10.3. The predicted octanol–water partition coefficient (Wildman–Crippen LogP) is 3.68. The van der Waals surface area contributed by atoms with E-state index in [1.54, 1.807) is 0 Å². The summed E-state index contributed by atoms with van der Waals surface area (Å²) in [6, 6.07) is 8.34. The Morgan fingerprint density at radius 3 is 2.82 bits per heavy atom. The number of thioether (sulfide) groups is 1. The molecule has 2 aromatic heterocycles. The molecule has 1 aromatic carbocycles. The van der Waals surface area contributed by atoms with Gasteiger partial charge in [0, 0.05) is 62.6 Å². The largest absolute Gasteiger partial charge is 0.364 e. The molecule has 3 aliphatic heterocycles. The highest BCUT2D eigenvalue weighted by Crippen LogP contribution is 2.39. The van der Waals surface area contributed by atoms with Crippen molar-refractivity contribution in [3.05, 3.63) is 35.7 Å². The van der Waals surface area contributed by atoms with Gasteiger partial charge in [0.1, 0.15) is 5.82 Å². The number of para-hydroxylation sites is 1. The third kappa shape index (κ3) is 3.92. The first-order valence-electron chi connectivity index (χ1n) is 11.8. The van der Waals surface area contributed by atoms with Gasteiger partial charge in [-0.05, 0) is 31.4 Å². The van der Waals surface area contributed by atoms with Gasteiger partial charge in [-0.3, -0.25) is 4.79 Å². The molecular formula is C24H28N6O2S. The van der Waals surface area contributed by atoms with Crippen LogP contribution in [0.2, 0.25) is 0 Å². The molecule has 3 aromatic rings. The molecule has 5 heterocycles. The van der Waals surface area contributed by atoms with Crippen molar-refractivity contribution in [3.8, 4) is 0 Å². The lowest BCUT2D eigenvalue weighted by molar-refractivity contribution is -0.132. The van der Waals surface area contributed by atoms with Gasteiger partial charge in [-0.15, -0.1) is 11.8 Å². The Morgan fingerprint density at radius 1 is 1.12 bits per heavy atom. The monoisotopic (exact) mass is 464 g/mol. The zero-order valence-electron chi connectivity index (χ0n) is 18.8. The Labute approximate surface area is 197 Å². The summed E-state index contributed by atoms with van der Waals surface area (Å²) >= 11 is 1.83. The standard InChI is InChI=1S/C24H28N6O2S/c1-29-14-16(6-7-20(29)31)25-23-22-18(10-13-33-22)26-24(27-23)30-11-8-15(9-12-30)21-17-4-2-3-5-19(17)32-28-21/h2-5,15-16H,6-14H2,1H3,(H,25,26,27)/t16-/m0/s1. The second-order valence-electron chi connectivity index (χ2n) is 9.23. The summed E-state index contributed by atoms with van der Waals surface area (Å²) in [5.41, 5.74) is 3.09. The molecule has 1 amide bonds. The Bertz CT molecular complexity index is 1190. The average Bonchev–Trinajstić information content (AvgIpc) is 3.49. The van der Waals surface area contributed by atoms with Crippen molar-refractivity contribution in [1.82, 2.24) is 20.0 Å². The molecule has 3 aliphatic rings. The molecule has 1 N–H and O–H groups in total. The smallest absolute Gasteiger partial charge is 0.227 e. The number of carbonyl (C=O) groups is 1. The lowest BCUT2D eigenvalue weighted by Gasteiger charge is -2.33. The lowest BCUT2D eigenvalue weighted by Crippen LogP contribution is -2.43. The fourth-order valence-electron chi connectivity index (χ4n) is 5.17. The molecule has 172 valence electrons. The van der Waals surface area contributed by atoms with E-state index in [0.717, 1.165) is 78.6 Å². The van der Waals surface area contributed by atoms with E-state index in [-0.39, 0.29) is 11.9 Å². The number of hydrogen-bond donors (Lipinski definition) is 1. The maximum absolute atomic E-state index is 11.9. The first-order valence-corrected chi connectivity index (χ1v) is 12.8. The highest BCUT2D eigenvalue weighted by Gasteiger charge is 2.30. The summed E-state index contributed by atoms with van der Waals surface area (Å²) in [7, 11) is 1.88. The van der Waals surface area contributed by atoms with Crippen LogP contribution in [0, 0.1) is 0 Å². The van der Waals surface area contributed by atoms with Crippen molar-refractivity contribution in [2.24, 2.45) is 0 Å². The molecule has 0 unspecified atom stereocenters. The van der Waals surface area contributed by atoms with Crippen molar-refractivity contribution in [2.75, 3.05) is 42.7 Å². The van der Waals surface area contributed by atoms with E-state index in [4.69, 9.17) is 14.5 Å². The Kier molecular flexibility index (Phi) is 5.36. The molecule has 0 aliphatic carbocycles. The van der Waals surface area contributed by atoms with E-state index in [1.807, 2.05) is 41.9 Å². The number of carbonyl (C=O) groups excluding carboxylic acids is 1. The lowest BCUT2D eigenvalue weighted by atomic mass is 9.92. The van der Waals surface area contributed by atoms with Crippen LogP contribution in [0.3, 0.4) is 0 Å². The van der Waals surface area contributed by atoms with E-state index in [0.29, 0.717) is 18.9 Å². The number of piperidine rings is 2. The third-order valence-electron chi connectivity index (χ3n) is 7.05. The number of anilines is 2. The van der Waals surface area contributed by atoms with E-state index >= 15 is 0 Å². The van der Waals surface area contributed by atoms with Crippen molar-refractivity contribution in [1.29, 1.82) is 0 Å². The van der Waals surface area contributed by atoms with E-state index in [9.17, 15) is 4.79 Å². The molecule has 8 nitrogen and oxygen atoms in total. The van der Waals surface area contributed by atoms with Gasteiger partial charge in [-0.25, -0.2) is 4.98 Å². The number of aromatic nitrogens is 3. The summed E-state index contributed by atoms with van der Waals surface area (Å²) in [6.07, 6.45) is 4.42. The maximum Gasteiger partial charge on any atom is 0.227 e. The molecule has 33 heavy (non-hydrogen) atoms. The fraction of sp³-hybridized carbons (Fsp3) is 0.500. The molecule has 1 atom stereocenters. The SMILES string of the molecule is CN1C[C@@H](Nc2nc(N3CCC(c4noc5ccccc45)CC3)nc3c2SCC3)CCC1=O. The number of fused-ring (bicyclic) bond motifs is 2. The average molecular weight is 465 g/mol. The summed E-state index contributed by atoms with van der Waals surface area (Å²) in [4.78, 5) is 27.1. The molecule has 0 bridgehead atoms. The summed E-state index contributed by atoms with van der Waals surface area (Å²) in [5, 5.41) is 9.17. The number of nitrogens with one attached hydrogen (secondary N) is 1. The molecule has 0 saturated carbocycles. The van der Waals surface area contributed by atoms with Gasteiger partial charge in [0.25, 0.3) is 0 Å². The van der Waals surface area contributed by atoms with Crippen molar-refractivity contribution in [2.45, 2.75) is 49.0 Å². The van der Waals surface area contributed by atoms with Crippen LogP contribution >= 0.6 is 11.8 Å². The number of aryl methyl sites for hydroxylation is 1. The normalized spacial score (nSPS) is 21.6. The number of benzene rings is 1. The number of likely N-dealkylation sites (N-methyl/N-ethyl adjacent to an activating group) is 1. The maximum atomic E-state index is 11.9. The minimum Gasteiger partial charge on any atom is -0.364 e. The van der Waals surface area contributed by atoms with Crippen LogP contribution in [0.5, 0.6) is 0 Å². The van der Waals surface area contributed by atoms with E-state index in [1.165, 1.54) is 4.90 Å². The highest BCUT2D eigenvalue weighted by molar-refractivity contribution is 7.99. The number of likely N-dealkylation sites (tertiary alicyclic amines) is 1. The zero-order valence-corrected chi connectivity index (χ0v) is 19.6. The molecule has 2 saturated heterocycles. The first kappa shape index (κ1) is 20.8. The minimum absolute atomic E-state index is 0.221. The Hall–Kier alpha value is -2.81. The van der Waals surface area contributed by atoms with Crippen LogP contribution in [0.25, 0.3) is 11.0 Å². The van der Waals surface area contributed by atoms with Crippen molar-refractivity contribution in [3.63, 3.8) is 0 Å². The van der Waals surface area contributed by atoms with Gasteiger partial charge in [-0.1, -0.05) is 17.3 Å². The Morgan fingerprint density at radius 2 is 1.97 bits per heavy atom. The molecule has 9 heteroatoms. The number of amides is 1. The number of nitrogens with zero attached hydrogens (tertiary/aromatic N) is 5. The predicted molar refractivity (Wildman–Crippen MR) is 129 cm³/mol.